The molecule has 0 aromatic rings. The Bertz CT molecular complexity index is 511. The fraction of sp³-hybridized carbons (Fsp3) is 0.833. The molecule has 2 fully saturated rings. The monoisotopic (exact) mass is 370 g/mol. The molecule has 0 radical (unpaired) electrons. The van der Waals surface area contributed by atoms with Gasteiger partial charge in [-0.25, -0.2) is 9.59 Å². The number of carbonyl (C=O) groups is 2. The molecule has 2 heterocycles. The number of ether oxygens (including phenoxy) is 3. The highest BCUT2D eigenvalue weighted by atomic mass is 16.7. The van der Waals surface area contributed by atoms with Crippen LogP contribution in [0, 0.1) is 0 Å². The third-order valence-corrected chi connectivity index (χ3v) is 3.87. The average molecular weight is 370 g/mol. The molecule has 0 bridgehead atoms. The van der Waals surface area contributed by atoms with Crippen molar-refractivity contribution in [3.8, 4) is 0 Å². The molecule has 2 saturated heterocycles. The van der Waals surface area contributed by atoms with Gasteiger partial charge >= 0.3 is 11.9 Å². The maximum atomic E-state index is 12.0. The summed E-state index contributed by atoms with van der Waals surface area (Å²) in [6.45, 7) is 0. The third-order valence-electron chi connectivity index (χ3n) is 3.87. The topological polar surface area (TPSA) is 224 Å². The van der Waals surface area contributed by atoms with E-state index in [-0.39, 0.29) is 0 Å². The summed E-state index contributed by atoms with van der Waals surface area (Å²) in [5, 5.41) is 75.6. The summed E-state index contributed by atoms with van der Waals surface area (Å²) in [7, 11) is 0. The Labute approximate surface area is 139 Å². The largest absolute Gasteiger partial charge is 0.479 e. The molecule has 0 aromatic heterocycles. The zero-order valence-corrected chi connectivity index (χ0v) is 12.4. The first-order valence-corrected chi connectivity index (χ1v) is 7.07. The quantitative estimate of drug-likeness (QED) is 0.217. The van der Waals surface area contributed by atoms with Gasteiger partial charge in [0.15, 0.2) is 18.5 Å². The Morgan fingerprint density at radius 3 is 1.76 bits per heavy atom. The van der Waals surface area contributed by atoms with Gasteiger partial charge in [0.2, 0.25) is 6.29 Å². The van der Waals surface area contributed by atoms with Crippen molar-refractivity contribution in [2.24, 2.45) is 0 Å². The van der Waals surface area contributed by atoms with Gasteiger partial charge in [-0.3, -0.25) is 0 Å². The summed E-state index contributed by atoms with van der Waals surface area (Å²) < 4.78 is 13.9. The number of aliphatic carboxylic acids is 1. The van der Waals surface area contributed by atoms with Crippen LogP contribution < -0.4 is 0 Å². The van der Waals surface area contributed by atoms with Crippen LogP contribution in [0.15, 0.2) is 0 Å². The van der Waals surface area contributed by atoms with E-state index in [9.17, 15) is 45.3 Å². The smallest absolute Gasteiger partial charge is 0.340 e. The van der Waals surface area contributed by atoms with Crippen LogP contribution in [-0.4, -0.2) is 114 Å². The van der Waals surface area contributed by atoms with Crippen LogP contribution in [0.5, 0.6) is 0 Å². The first-order chi connectivity index (χ1) is 11.6. The minimum atomic E-state index is -2.05. The Morgan fingerprint density at radius 1 is 0.680 bits per heavy atom. The molecular weight excluding hydrogens is 352 g/mol. The predicted molar refractivity (Wildman–Crippen MR) is 69.3 cm³/mol. The number of hydrogen-bond donors (Lipinski definition) is 8. The van der Waals surface area contributed by atoms with Crippen molar-refractivity contribution in [1.82, 2.24) is 0 Å². The lowest BCUT2D eigenvalue weighted by atomic mass is 9.98. The van der Waals surface area contributed by atoms with E-state index >= 15 is 0 Å². The molecule has 13 heteroatoms. The van der Waals surface area contributed by atoms with Crippen LogP contribution in [-0.2, 0) is 23.8 Å². The summed E-state index contributed by atoms with van der Waals surface area (Å²) in [5.41, 5.74) is 0. The first-order valence-electron chi connectivity index (χ1n) is 7.07. The number of carbonyl (C=O) groups excluding carboxylic acids is 1. The molecule has 10 atom stereocenters. The van der Waals surface area contributed by atoms with Gasteiger partial charge in [0.1, 0.15) is 36.6 Å². The fourth-order valence-corrected chi connectivity index (χ4v) is 2.39. The Kier molecular flexibility index (Phi) is 5.93. The maximum absolute atomic E-state index is 12.0. The van der Waals surface area contributed by atoms with Crippen LogP contribution in [0.4, 0.5) is 0 Å². The number of aliphatic hydroxyl groups is 7. The molecule has 8 N–H and O–H groups in total. The van der Waals surface area contributed by atoms with Crippen LogP contribution in [0.2, 0.25) is 0 Å². The molecule has 144 valence electrons. The molecule has 0 aromatic carbocycles. The molecule has 0 unspecified atom stereocenters. The van der Waals surface area contributed by atoms with Crippen LogP contribution >= 0.6 is 0 Å². The minimum Gasteiger partial charge on any atom is -0.479 e. The van der Waals surface area contributed by atoms with Crippen molar-refractivity contribution in [2.75, 3.05) is 0 Å². The second-order valence-electron chi connectivity index (χ2n) is 5.59. The van der Waals surface area contributed by atoms with Crippen LogP contribution in [0.3, 0.4) is 0 Å². The molecule has 2 rings (SSSR count). The summed E-state index contributed by atoms with van der Waals surface area (Å²) >= 11 is 0. The molecule has 0 saturated carbocycles. The van der Waals surface area contributed by atoms with Crippen LogP contribution in [0.1, 0.15) is 0 Å². The lowest BCUT2D eigenvalue weighted by Gasteiger charge is -2.40. The second-order valence-corrected chi connectivity index (χ2v) is 5.59. The zero-order valence-electron chi connectivity index (χ0n) is 12.4. The van der Waals surface area contributed by atoms with Crippen molar-refractivity contribution < 1.29 is 64.7 Å². The molecule has 25 heavy (non-hydrogen) atoms. The number of aliphatic hydroxyl groups excluding tert-OH is 7. The lowest BCUT2D eigenvalue weighted by Crippen LogP contribution is -2.63. The van der Waals surface area contributed by atoms with Gasteiger partial charge in [0.05, 0.1) is 0 Å². The van der Waals surface area contributed by atoms with Crippen LogP contribution in [0.25, 0.3) is 0 Å². The van der Waals surface area contributed by atoms with E-state index in [0.29, 0.717) is 0 Å². The van der Waals surface area contributed by atoms with E-state index in [2.05, 4.69) is 9.47 Å². The molecule has 13 nitrogen and oxygen atoms in total. The number of carboxylic acid groups (broad SMARTS) is 1. The van der Waals surface area contributed by atoms with E-state index in [4.69, 9.17) is 9.84 Å². The molecule has 2 aliphatic heterocycles. The van der Waals surface area contributed by atoms with E-state index in [0.717, 1.165) is 0 Å². The van der Waals surface area contributed by atoms with E-state index in [1.165, 1.54) is 0 Å². The molecule has 2 aliphatic rings. The third kappa shape index (κ3) is 3.74. The van der Waals surface area contributed by atoms with Gasteiger partial charge in [-0.1, -0.05) is 0 Å². The fourth-order valence-electron chi connectivity index (χ4n) is 2.39. The van der Waals surface area contributed by atoms with E-state index in [1.807, 2.05) is 0 Å². The van der Waals surface area contributed by atoms with E-state index < -0.39 is 73.4 Å². The lowest BCUT2D eigenvalue weighted by molar-refractivity contribution is -0.305. The molecule has 0 amide bonds. The van der Waals surface area contributed by atoms with Crippen molar-refractivity contribution in [3.63, 3.8) is 0 Å². The summed E-state index contributed by atoms with van der Waals surface area (Å²) in [6.07, 6.45) is -20.0. The van der Waals surface area contributed by atoms with Gasteiger partial charge < -0.3 is 55.1 Å². The highest BCUT2D eigenvalue weighted by Gasteiger charge is 2.51. The van der Waals surface area contributed by atoms with Crippen molar-refractivity contribution in [3.05, 3.63) is 0 Å². The SMILES string of the molecule is O=C(O[C@@H]1O[C@@H](C(=O)O)[C@@H](O)[C@H](O)[C@@H]1O)[C@H]1O[C@@H](O)[C@@H](O)[C@@H](O)[C@@H]1O. The number of esters is 1. The predicted octanol–water partition coefficient (Wildman–Crippen LogP) is -5.78. The van der Waals surface area contributed by atoms with Crippen molar-refractivity contribution in [1.29, 1.82) is 0 Å². The van der Waals surface area contributed by atoms with Gasteiger partial charge in [-0.15, -0.1) is 0 Å². The normalized spacial score (nSPS) is 48.0. The second kappa shape index (κ2) is 7.45. The molecule has 0 spiro atoms. The molecule has 0 aliphatic carbocycles. The Hall–Kier alpha value is -1.42. The first kappa shape index (κ1) is 19.9. The number of carboxylic acids is 1. The number of hydrogen-bond acceptors (Lipinski definition) is 12. The standard InChI is InChI=1S/C12H18O13/c13-1-4(16)8(23-10(21)5(1)17)11(22)25-12-6(18)2(14)3(15)7(24-12)9(19)20/h1-8,10,12-18,21H,(H,19,20)/t1-,2-,3-,4-,5-,6-,7+,8-,10+,12-/m0/s1. The molecular formula is C12H18O13. The zero-order chi connectivity index (χ0) is 19.0. The average Bonchev–Trinajstić information content (AvgIpc) is 2.56. The highest BCUT2D eigenvalue weighted by Crippen LogP contribution is 2.25. The minimum absolute atomic E-state index is 1.49. The summed E-state index contributed by atoms with van der Waals surface area (Å²) in [5.74, 6) is -3.20. The Morgan fingerprint density at radius 2 is 1.20 bits per heavy atom. The van der Waals surface area contributed by atoms with Gasteiger partial charge in [-0.05, 0) is 0 Å². The van der Waals surface area contributed by atoms with Crippen molar-refractivity contribution >= 4 is 11.9 Å². The van der Waals surface area contributed by atoms with Crippen molar-refractivity contribution in [2.45, 2.75) is 61.4 Å². The summed E-state index contributed by atoms with van der Waals surface area (Å²) in [4.78, 5) is 22.9. The Balaban J connectivity index is 2.09. The van der Waals surface area contributed by atoms with Gasteiger partial charge in [-0.2, -0.15) is 0 Å². The van der Waals surface area contributed by atoms with E-state index in [1.54, 1.807) is 0 Å². The van der Waals surface area contributed by atoms with Gasteiger partial charge in [0, 0.05) is 0 Å². The number of rotatable bonds is 3. The highest BCUT2D eigenvalue weighted by molar-refractivity contribution is 5.76. The van der Waals surface area contributed by atoms with Gasteiger partial charge in [0.25, 0.3) is 0 Å². The summed E-state index contributed by atoms with van der Waals surface area (Å²) in [6, 6.07) is 0. The maximum Gasteiger partial charge on any atom is 0.340 e.